The van der Waals surface area contributed by atoms with E-state index < -0.39 is 17.7 Å². The van der Waals surface area contributed by atoms with E-state index in [1.54, 1.807) is 14.2 Å². The number of hydrogen-bond acceptors (Lipinski definition) is 5. The van der Waals surface area contributed by atoms with Gasteiger partial charge in [-0.15, -0.1) is 0 Å². The van der Waals surface area contributed by atoms with Gasteiger partial charge in [-0.3, -0.25) is 9.69 Å². The van der Waals surface area contributed by atoms with Crippen molar-refractivity contribution in [1.82, 2.24) is 4.90 Å². The van der Waals surface area contributed by atoms with Crippen LogP contribution in [0.5, 0.6) is 0 Å². The van der Waals surface area contributed by atoms with E-state index in [9.17, 15) is 4.79 Å². The number of nitrogens with zero attached hydrogens (tertiary/aromatic N) is 1. The molecule has 2 atom stereocenters. The zero-order valence-corrected chi connectivity index (χ0v) is 9.51. The number of aliphatic carboxylic acids is 1. The summed E-state index contributed by atoms with van der Waals surface area (Å²) in [6.45, 7) is 1.96. The van der Waals surface area contributed by atoms with Crippen LogP contribution in [-0.2, 0) is 19.0 Å². The predicted octanol–water partition coefficient (Wildman–Crippen LogP) is -0.609. The molecule has 2 heterocycles. The lowest BCUT2D eigenvalue weighted by molar-refractivity contribution is -0.283. The Balaban J connectivity index is 1.94. The van der Waals surface area contributed by atoms with Crippen LogP contribution in [0.1, 0.15) is 0 Å². The smallest absolute Gasteiger partial charge is 0.310 e. The van der Waals surface area contributed by atoms with Crippen molar-refractivity contribution in [3.8, 4) is 0 Å². The third kappa shape index (κ3) is 1.82. The molecule has 6 heteroatoms. The summed E-state index contributed by atoms with van der Waals surface area (Å²) in [5.41, 5.74) is 0. The topological polar surface area (TPSA) is 68.2 Å². The number of methoxy groups -OCH3 is 2. The van der Waals surface area contributed by atoms with E-state index in [4.69, 9.17) is 19.3 Å². The SMILES string of the molecule is COC1(OC)CN(C2COCC2C(=O)O)C1. The minimum Gasteiger partial charge on any atom is -0.481 e. The highest BCUT2D eigenvalue weighted by atomic mass is 16.7. The maximum atomic E-state index is 11.0. The Labute approximate surface area is 94.1 Å². The summed E-state index contributed by atoms with van der Waals surface area (Å²) in [5, 5.41) is 9.03. The Kier molecular flexibility index (Phi) is 3.16. The number of rotatable bonds is 4. The van der Waals surface area contributed by atoms with Crippen molar-refractivity contribution in [2.24, 2.45) is 5.92 Å². The Hall–Kier alpha value is -0.690. The van der Waals surface area contributed by atoms with Gasteiger partial charge < -0.3 is 19.3 Å². The molecule has 2 fully saturated rings. The van der Waals surface area contributed by atoms with Gasteiger partial charge in [-0.05, 0) is 0 Å². The van der Waals surface area contributed by atoms with Crippen molar-refractivity contribution in [2.45, 2.75) is 11.8 Å². The molecule has 6 nitrogen and oxygen atoms in total. The zero-order valence-electron chi connectivity index (χ0n) is 9.51. The van der Waals surface area contributed by atoms with Crippen LogP contribution in [0.15, 0.2) is 0 Å². The van der Waals surface area contributed by atoms with Crippen LogP contribution < -0.4 is 0 Å². The van der Waals surface area contributed by atoms with E-state index in [0.29, 0.717) is 26.3 Å². The summed E-state index contributed by atoms with van der Waals surface area (Å²) in [6.07, 6.45) is 0. The molecular formula is C10H17NO5. The number of carbonyl (C=O) groups is 1. The molecule has 2 unspecified atom stereocenters. The van der Waals surface area contributed by atoms with E-state index >= 15 is 0 Å². The summed E-state index contributed by atoms with van der Waals surface area (Å²) < 4.78 is 15.7. The molecule has 0 radical (unpaired) electrons. The van der Waals surface area contributed by atoms with Gasteiger partial charge in [0.15, 0.2) is 5.79 Å². The molecule has 2 aliphatic heterocycles. The van der Waals surface area contributed by atoms with Crippen molar-refractivity contribution in [1.29, 1.82) is 0 Å². The monoisotopic (exact) mass is 231 g/mol. The number of carboxylic acid groups (broad SMARTS) is 1. The van der Waals surface area contributed by atoms with E-state index in [0.717, 1.165) is 0 Å². The van der Waals surface area contributed by atoms with Crippen LogP contribution in [0.3, 0.4) is 0 Å². The van der Waals surface area contributed by atoms with Gasteiger partial charge in [0, 0.05) is 20.3 Å². The van der Waals surface area contributed by atoms with Crippen molar-refractivity contribution in [3.05, 3.63) is 0 Å². The molecule has 0 spiro atoms. The molecule has 1 N–H and O–H groups in total. The number of hydrogen-bond donors (Lipinski definition) is 1. The standard InChI is InChI=1S/C10H17NO5/c1-14-10(15-2)5-11(6-10)8-4-16-3-7(8)9(12)13/h7-8H,3-6H2,1-2H3,(H,12,13). The van der Waals surface area contributed by atoms with E-state index in [-0.39, 0.29) is 6.04 Å². The first-order chi connectivity index (χ1) is 7.62. The van der Waals surface area contributed by atoms with Gasteiger partial charge >= 0.3 is 5.97 Å². The summed E-state index contributed by atoms with van der Waals surface area (Å²) >= 11 is 0. The zero-order chi connectivity index (χ0) is 11.8. The molecule has 0 saturated carbocycles. The van der Waals surface area contributed by atoms with Crippen LogP contribution >= 0.6 is 0 Å². The first-order valence-corrected chi connectivity index (χ1v) is 5.27. The molecular weight excluding hydrogens is 214 g/mol. The molecule has 0 aliphatic carbocycles. The second-order valence-electron chi connectivity index (χ2n) is 4.27. The second kappa shape index (κ2) is 4.29. The lowest BCUT2D eigenvalue weighted by atomic mass is 9.96. The fourth-order valence-corrected chi connectivity index (χ4v) is 2.29. The number of ether oxygens (including phenoxy) is 3. The third-order valence-electron chi connectivity index (χ3n) is 3.47. The van der Waals surface area contributed by atoms with E-state index in [1.165, 1.54) is 0 Å². The Morgan fingerprint density at radius 1 is 1.38 bits per heavy atom. The molecule has 2 aliphatic rings. The van der Waals surface area contributed by atoms with Crippen molar-refractivity contribution < 1.29 is 24.1 Å². The Morgan fingerprint density at radius 2 is 2.00 bits per heavy atom. The van der Waals surface area contributed by atoms with Gasteiger partial charge in [-0.2, -0.15) is 0 Å². The molecule has 2 saturated heterocycles. The molecule has 16 heavy (non-hydrogen) atoms. The average molecular weight is 231 g/mol. The Morgan fingerprint density at radius 3 is 2.50 bits per heavy atom. The highest BCUT2D eigenvalue weighted by Crippen LogP contribution is 2.31. The fraction of sp³-hybridized carbons (Fsp3) is 0.900. The largest absolute Gasteiger partial charge is 0.481 e. The van der Waals surface area contributed by atoms with Crippen LogP contribution in [-0.4, -0.2) is 68.3 Å². The summed E-state index contributed by atoms with van der Waals surface area (Å²) in [5.74, 6) is -1.80. The van der Waals surface area contributed by atoms with Crippen molar-refractivity contribution in [3.63, 3.8) is 0 Å². The lowest BCUT2D eigenvalue weighted by Crippen LogP contribution is -2.67. The highest BCUT2D eigenvalue weighted by molar-refractivity contribution is 5.71. The maximum Gasteiger partial charge on any atom is 0.310 e. The molecule has 2 rings (SSSR count). The van der Waals surface area contributed by atoms with Crippen LogP contribution in [0.25, 0.3) is 0 Å². The van der Waals surface area contributed by atoms with Gasteiger partial charge in [0.2, 0.25) is 0 Å². The lowest BCUT2D eigenvalue weighted by Gasteiger charge is -2.50. The van der Waals surface area contributed by atoms with Gasteiger partial charge in [0.05, 0.1) is 32.2 Å². The summed E-state index contributed by atoms with van der Waals surface area (Å²) in [4.78, 5) is 13.0. The third-order valence-corrected chi connectivity index (χ3v) is 3.47. The number of likely N-dealkylation sites (tertiary alicyclic amines) is 1. The van der Waals surface area contributed by atoms with Gasteiger partial charge in [-0.25, -0.2) is 0 Å². The van der Waals surface area contributed by atoms with Crippen LogP contribution in [0.4, 0.5) is 0 Å². The molecule has 0 aromatic carbocycles. The van der Waals surface area contributed by atoms with Gasteiger partial charge in [0.25, 0.3) is 0 Å². The van der Waals surface area contributed by atoms with E-state index in [1.807, 2.05) is 4.90 Å². The van der Waals surface area contributed by atoms with Crippen molar-refractivity contribution in [2.75, 3.05) is 40.5 Å². The van der Waals surface area contributed by atoms with Gasteiger partial charge in [0.1, 0.15) is 0 Å². The average Bonchev–Trinajstić information content (AvgIpc) is 2.66. The van der Waals surface area contributed by atoms with Crippen molar-refractivity contribution >= 4 is 5.97 Å². The normalized spacial score (nSPS) is 33.6. The predicted molar refractivity (Wildman–Crippen MR) is 54.1 cm³/mol. The molecule has 92 valence electrons. The summed E-state index contributed by atoms with van der Waals surface area (Å²) in [6, 6.07) is -0.0593. The summed E-state index contributed by atoms with van der Waals surface area (Å²) in [7, 11) is 3.20. The minimum atomic E-state index is -0.796. The first-order valence-electron chi connectivity index (χ1n) is 5.27. The number of carboxylic acids is 1. The van der Waals surface area contributed by atoms with Crippen LogP contribution in [0.2, 0.25) is 0 Å². The minimum absolute atomic E-state index is 0.0593. The molecule has 0 bridgehead atoms. The molecule has 0 aromatic rings. The second-order valence-corrected chi connectivity index (χ2v) is 4.27. The Bertz CT molecular complexity index is 270. The van der Waals surface area contributed by atoms with Crippen LogP contribution in [0, 0.1) is 5.92 Å². The fourth-order valence-electron chi connectivity index (χ4n) is 2.29. The van der Waals surface area contributed by atoms with E-state index in [2.05, 4.69) is 0 Å². The maximum absolute atomic E-state index is 11.0. The molecule has 0 aromatic heterocycles. The molecule has 0 amide bonds. The highest BCUT2D eigenvalue weighted by Gasteiger charge is 2.50. The first kappa shape index (κ1) is 11.8. The quantitative estimate of drug-likeness (QED) is 0.651. The van der Waals surface area contributed by atoms with Gasteiger partial charge in [-0.1, -0.05) is 0 Å².